The van der Waals surface area contributed by atoms with Gasteiger partial charge in [0, 0.05) is 23.8 Å². The molecule has 0 fully saturated rings. The van der Waals surface area contributed by atoms with Crippen LogP contribution in [-0.2, 0) is 6.54 Å². The van der Waals surface area contributed by atoms with Gasteiger partial charge in [-0.2, -0.15) is 5.26 Å². The molecule has 3 rings (SSSR count). The van der Waals surface area contributed by atoms with Gasteiger partial charge in [-0.1, -0.05) is 12.1 Å². The fraction of sp³-hybridized carbons (Fsp3) is 0.118. The number of aromatic nitrogens is 1. The van der Waals surface area contributed by atoms with Crippen LogP contribution in [0.2, 0.25) is 0 Å². The molecule has 2 N–H and O–H groups in total. The normalized spacial score (nSPS) is 10.5. The van der Waals surface area contributed by atoms with E-state index in [1.165, 1.54) is 0 Å². The number of nitrogens with two attached hydrogens (primary N) is 1. The van der Waals surface area contributed by atoms with Crippen LogP contribution in [0.1, 0.15) is 11.1 Å². The molecule has 0 aliphatic carbocycles. The highest BCUT2D eigenvalue weighted by Crippen LogP contribution is 2.24. The monoisotopic (exact) mass is 277 g/mol. The second-order valence-corrected chi connectivity index (χ2v) is 4.87. The van der Waals surface area contributed by atoms with Gasteiger partial charge in [0.15, 0.2) is 0 Å². The first-order valence-corrected chi connectivity index (χ1v) is 6.63. The van der Waals surface area contributed by atoms with E-state index >= 15 is 0 Å². The molecule has 4 heteroatoms. The molecule has 0 aliphatic rings. The molecule has 0 saturated carbocycles. The van der Waals surface area contributed by atoms with Crippen LogP contribution in [0.3, 0.4) is 0 Å². The minimum atomic E-state index is 0.547. The van der Waals surface area contributed by atoms with Crippen LogP contribution in [0.25, 0.3) is 10.9 Å². The summed E-state index contributed by atoms with van der Waals surface area (Å²) >= 11 is 0. The summed E-state index contributed by atoms with van der Waals surface area (Å²) in [4.78, 5) is 0. The third-order valence-corrected chi connectivity index (χ3v) is 3.58. The predicted octanol–water partition coefficient (Wildman–Crippen LogP) is 3.15. The number of hydrogen-bond acceptors (Lipinski definition) is 3. The third-order valence-electron chi connectivity index (χ3n) is 3.58. The van der Waals surface area contributed by atoms with Crippen LogP contribution in [-0.4, -0.2) is 11.7 Å². The van der Waals surface area contributed by atoms with Crippen LogP contribution in [0.4, 0.5) is 5.69 Å². The Hall–Kier alpha value is -2.93. The van der Waals surface area contributed by atoms with Gasteiger partial charge in [-0.25, -0.2) is 0 Å². The number of rotatable bonds is 3. The number of nitrogens with zero attached hydrogens (tertiary/aromatic N) is 2. The van der Waals surface area contributed by atoms with E-state index in [0.717, 1.165) is 22.2 Å². The molecule has 4 nitrogen and oxygen atoms in total. The zero-order chi connectivity index (χ0) is 14.8. The second kappa shape index (κ2) is 5.22. The first kappa shape index (κ1) is 13.1. The van der Waals surface area contributed by atoms with Crippen molar-refractivity contribution in [2.75, 3.05) is 12.8 Å². The van der Waals surface area contributed by atoms with Gasteiger partial charge >= 0.3 is 0 Å². The Balaban J connectivity index is 1.99. The molecule has 2 aromatic carbocycles. The van der Waals surface area contributed by atoms with Crippen molar-refractivity contribution in [3.8, 4) is 11.8 Å². The molecule has 0 amide bonds. The Kier molecular flexibility index (Phi) is 3.25. The number of hydrogen-bond donors (Lipinski definition) is 1. The van der Waals surface area contributed by atoms with Crippen molar-refractivity contribution in [2.45, 2.75) is 6.54 Å². The van der Waals surface area contributed by atoms with Crippen LogP contribution in [0.5, 0.6) is 5.75 Å². The highest BCUT2D eigenvalue weighted by Gasteiger charge is 2.07. The van der Waals surface area contributed by atoms with Gasteiger partial charge in [-0.15, -0.1) is 0 Å². The van der Waals surface area contributed by atoms with Crippen molar-refractivity contribution in [2.24, 2.45) is 0 Å². The standard InChI is InChI=1S/C17H15N3O/c1-21-17-6-5-12(9-13(17)10-18)11-20-8-7-14-15(19)3-2-4-16(14)20/h2-9H,11,19H2,1H3. The zero-order valence-electron chi connectivity index (χ0n) is 11.7. The maximum Gasteiger partial charge on any atom is 0.136 e. The van der Waals surface area contributed by atoms with Crippen molar-refractivity contribution in [1.82, 2.24) is 4.57 Å². The quantitative estimate of drug-likeness (QED) is 0.748. The molecule has 0 radical (unpaired) electrons. The smallest absolute Gasteiger partial charge is 0.136 e. The van der Waals surface area contributed by atoms with Gasteiger partial charge in [0.2, 0.25) is 0 Å². The summed E-state index contributed by atoms with van der Waals surface area (Å²) in [6, 6.07) is 15.7. The van der Waals surface area contributed by atoms with Gasteiger partial charge in [0.25, 0.3) is 0 Å². The molecule has 104 valence electrons. The van der Waals surface area contributed by atoms with Crippen molar-refractivity contribution in [3.63, 3.8) is 0 Å². The minimum Gasteiger partial charge on any atom is -0.495 e. The number of methoxy groups -OCH3 is 1. The van der Waals surface area contributed by atoms with E-state index in [1.807, 2.05) is 48.7 Å². The number of ether oxygens (including phenoxy) is 1. The highest BCUT2D eigenvalue weighted by atomic mass is 16.5. The van der Waals surface area contributed by atoms with Gasteiger partial charge in [0.1, 0.15) is 11.8 Å². The minimum absolute atomic E-state index is 0.547. The Labute approximate surface area is 123 Å². The molecule has 0 saturated heterocycles. The SMILES string of the molecule is COc1ccc(Cn2ccc3c(N)cccc32)cc1C#N. The maximum absolute atomic E-state index is 9.15. The van der Waals surface area contributed by atoms with E-state index in [9.17, 15) is 0 Å². The van der Waals surface area contributed by atoms with Crippen LogP contribution < -0.4 is 10.5 Å². The third kappa shape index (κ3) is 2.30. The number of nitrogen functional groups attached to an aromatic ring is 1. The molecule has 1 heterocycles. The topological polar surface area (TPSA) is 64.0 Å². The van der Waals surface area contributed by atoms with Crippen LogP contribution in [0, 0.1) is 11.3 Å². The first-order chi connectivity index (χ1) is 10.2. The zero-order valence-corrected chi connectivity index (χ0v) is 11.7. The second-order valence-electron chi connectivity index (χ2n) is 4.87. The summed E-state index contributed by atoms with van der Waals surface area (Å²) in [5.41, 5.74) is 9.43. The van der Waals surface area contributed by atoms with Crippen LogP contribution in [0.15, 0.2) is 48.7 Å². The molecule has 1 aromatic heterocycles. The molecule has 21 heavy (non-hydrogen) atoms. The Morgan fingerprint density at radius 2 is 2.10 bits per heavy atom. The molecule has 0 aliphatic heterocycles. The Bertz CT molecular complexity index is 843. The van der Waals surface area contributed by atoms with Gasteiger partial charge in [-0.3, -0.25) is 0 Å². The van der Waals surface area contributed by atoms with E-state index < -0.39 is 0 Å². The van der Waals surface area contributed by atoms with E-state index in [-0.39, 0.29) is 0 Å². The molecule has 0 unspecified atom stereocenters. The average Bonchev–Trinajstić information content (AvgIpc) is 2.92. The summed E-state index contributed by atoms with van der Waals surface area (Å²) in [5.74, 6) is 0.600. The van der Waals surface area contributed by atoms with E-state index in [0.29, 0.717) is 17.9 Å². The number of nitriles is 1. The summed E-state index contributed by atoms with van der Waals surface area (Å²) in [7, 11) is 1.57. The molecule has 0 atom stereocenters. The van der Waals surface area contributed by atoms with Gasteiger partial charge in [-0.05, 0) is 35.9 Å². The van der Waals surface area contributed by atoms with Crippen molar-refractivity contribution in [3.05, 3.63) is 59.8 Å². The number of anilines is 1. The number of benzene rings is 2. The van der Waals surface area contributed by atoms with Crippen molar-refractivity contribution >= 4 is 16.6 Å². The average molecular weight is 277 g/mol. The lowest BCUT2D eigenvalue weighted by atomic mass is 10.1. The van der Waals surface area contributed by atoms with E-state index in [4.69, 9.17) is 15.7 Å². The summed E-state index contributed by atoms with van der Waals surface area (Å²) in [6.07, 6.45) is 2.01. The first-order valence-electron chi connectivity index (χ1n) is 6.63. The van der Waals surface area contributed by atoms with Crippen LogP contribution >= 0.6 is 0 Å². The lowest BCUT2D eigenvalue weighted by Gasteiger charge is -2.08. The molecule has 0 bridgehead atoms. The van der Waals surface area contributed by atoms with E-state index in [2.05, 4.69) is 10.6 Å². The predicted molar refractivity (Wildman–Crippen MR) is 83.2 cm³/mol. The van der Waals surface area contributed by atoms with Crippen molar-refractivity contribution < 1.29 is 4.74 Å². The maximum atomic E-state index is 9.15. The molecule has 3 aromatic rings. The summed E-state index contributed by atoms with van der Waals surface area (Å²) in [6.45, 7) is 0.686. The van der Waals surface area contributed by atoms with Gasteiger partial charge in [0.05, 0.1) is 18.2 Å². The number of fused-ring (bicyclic) bond motifs is 1. The van der Waals surface area contributed by atoms with Crippen molar-refractivity contribution in [1.29, 1.82) is 5.26 Å². The molecular weight excluding hydrogens is 262 g/mol. The lowest BCUT2D eigenvalue weighted by molar-refractivity contribution is 0.413. The lowest BCUT2D eigenvalue weighted by Crippen LogP contribution is -1.99. The fourth-order valence-corrected chi connectivity index (χ4v) is 2.52. The summed E-state index contributed by atoms with van der Waals surface area (Å²) in [5, 5.41) is 10.2. The molecule has 0 spiro atoms. The Morgan fingerprint density at radius 3 is 2.86 bits per heavy atom. The van der Waals surface area contributed by atoms with E-state index in [1.54, 1.807) is 7.11 Å². The Morgan fingerprint density at radius 1 is 1.24 bits per heavy atom. The molecular formula is C17H15N3O. The summed E-state index contributed by atoms with van der Waals surface area (Å²) < 4.78 is 7.29. The largest absolute Gasteiger partial charge is 0.495 e. The van der Waals surface area contributed by atoms with Gasteiger partial charge < -0.3 is 15.0 Å². The highest BCUT2D eigenvalue weighted by molar-refractivity contribution is 5.91. The fourth-order valence-electron chi connectivity index (χ4n) is 2.52.